The summed E-state index contributed by atoms with van der Waals surface area (Å²) in [7, 11) is 2.02. The summed E-state index contributed by atoms with van der Waals surface area (Å²) in [5.41, 5.74) is 3.38. The Morgan fingerprint density at radius 2 is 1.76 bits per heavy atom. The Hall–Kier alpha value is -1.87. The van der Waals surface area contributed by atoms with Crippen molar-refractivity contribution < 1.29 is 4.39 Å². The van der Waals surface area contributed by atoms with E-state index in [2.05, 4.69) is 48.3 Å². The van der Waals surface area contributed by atoms with Crippen molar-refractivity contribution >= 4 is 5.69 Å². The Balaban J connectivity index is 1.97. The van der Waals surface area contributed by atoms with Gasteiger partial charge in [0.1, 0.15) is 5.82 Å². The molecule has 0 saturated carbocycles. The van der Waals surface area contributed by atoms with Crippen LogP contribution < -0.4 is 10.2 Å². The zero-order valence-electron chi connectivity index (χ0n) is 12.9. The van der Waals surface area contributed by atoms with Crippen LogP contribution in [0.4, 0.5) is 10.1 Å². The quantitative estimate of drug-likeness (QED) is 0.864. The van der Waals surface area contributed by atoms with Gasteiger partial charge in [0, 0.05) is 31.9 Å². The van der Waals surface area contributed by atoms with E-state index in [0.29, 0.717) is 12.6 Å². The van der Waals surface area contributed by atoms with Crippen molar-refractivity contribution in [3.8, 4) is 0 Å². The number of halogens is 1. The maximum absolute atomic E-state index is 13.2. The van der Waals surface area contributed by atoms with Gasteiger partial charge in [0.2, 0.25) is 0 Å². The fraction of sp³-hybridized carbons (Fsp3) is 0.333. The molecule has 0 aliphatic rings. The van der Waals surface area contributed by atoms with E-state index in [9.17, 15) is 4.39 Å². The standard InChI is InChI=1S/C18H23FN2/c1-14(2)20-12-15-7-9-18(10-8-15)21(3)13-16-5-4-6-17(19)11-16/h4-11,14,20H,12-13H2,1-3H3. The molecule has 0 amide bonds. The smallest absolute Gasteiger partial charge is 0.123 e. The number of hydrogen-bond donors (Lipinski definition) is 1. The van der Waals surface area contributed by atoms with E-state index in [-0.39, 0.29) is 5.82 Å². The van der Waals surface area contributed by atoms with E-state index < -0.39 is 0 Å². The highest BCUT2D eigenvalue weighted by Gasteiger charge is 2.03. The van der Waals surface area contributed by atoms with Crippen LogP contribution in [0.15, 0.2) is 48.5 Å². The molecular weight excluding hydrogens is 263 g/mol. The third-order valence-electron chi connectivity index (χ3n) is 3.40. The van der Waals surface area contributed by atoms with Gasteiger partial charge in [0.25, 0.3) is 0 Å². The first kappa shape index (κ1) is 15.5. The highest BCUT2D eigenvalue weighted by molar-refractivity contribution is 5.47. The van der Waals surface area contributed by atoms with E-state index in [1.54, 1.807) is 12.1 Å². The zero-order chi connectivity index (χ0) is 15.2. The molecule has 0 radical (unpaired) electrons. The van der Waals surface area contributed by atoms with Crippen molar-refractivity contribution in [2.24, 2.45) is 0 Å². The summed E-state index contributed by atoms with van der Waals surface area (Å²) in [6, 6.07) is 15.7. The fourth-order valence-corrected chi connectivity index (χ4v) is 2.19. The Morgan fingerprint density at radius 3 is 2.38 bits per heavy atom. The zero-order valence-corrected chi connectivity index (χ0v) is 12.9. The predicted octanol–water partition coefficient (Wildman–Crippen LogP) is 3.96. The summed E-state index contributed by atoms with van der Waals surface area (Å²) in [6.45, 7) is 5.86. The van der Waals surface area contributed by atoms with Crippen LogP contribution >= 0.6 is 0 Å². The van der Waals surface area contributed by atoms with Crippen LogP contribution in [-0.4, -0.2) is 13.1 Å². The van der Waals surface area contributed by atoms with Crippen LogP contribution in [0.2, 0.25) is 0 Å². The third kappa shape index (κ3) is 4.87. The lowest BCUT2D eigenvalue weighted by atomic mass is 10.1. The van der Waals surface area contributed by atoms with Crippen molar-refractivity contribution in [2.75, 3.05) is 11.9 Å². The van der Waals surface area contributed by atoms with Gasteiger partial charge in [-0.25, -0.2) is 4.39 Å². The minimum absolute atomic E-state index is 0.184. The molecule has 1 N–H and O–H groups in total. The summed E-state index contributed by atoms with van der Waals surface area (Å²) >= 11 is 0. The van der Waals surface area contributed by atoms with Gasteiger partial charge < -0.3 is 10.2 Å². The summed E-state index contributed by atoms with van der Waals surface area (Å²) in [5, 5.41) is 3.40. The molecule has 0 bridgehead atoms. The van der Waals surface area contributed by atoms with Gasteiger partial charge in [0.05, 0.1) is 0 Å². The van der Waals surface area contributed by atoms with Gasteiger partial charge in [-0.05, 0) is 35.4 Å². The van der Waals surface area contributed by atoms with Gasteiger partial charge in [-0.1, -0.05) is 38.1 Å². The van der Waals surface area contributed by atoms with Crippen LogP contribution in [0.3, 0.4) is 0 Å². The molecule has 21 heavy (non-hydrogen) atoms. The van der Waals surface area contributed by atoms with E-state index in [0.717, 1.165) is 17.8 Å². The average Bonchev–Trinajstić information content (AvgIpc) is 2.45. The van der Waals surface area contributed by atoms with Crippen molar-refractivity contribution in [1.82, 2.24) is 5.32 Å². The fourth-order valence-electron chi connectivity index (χ4n) is 2.19. The summed E-state index contributed by atoms with van der Waals surface area (Å²) < 4.78 is 13.2. The number of hydrogen-bond acceptors (Lipinski definition) is 2. The molecule has 0 heterocycles. The number of rotatable bonds is 6. The monoisotopic (exact) mass is 286 g/mol. The van der Waals surface area contributed by atoms with Crippen LogP contribution in [0.25, 0.3) is 0 Å². The topological polar surface area (TPSA) is 15.3 Å². The van der Waals surface area contributed by atoms with Crippen molar-refractivity contribution in [2.45, 2.75) is 33.0 Å². The van der Waals surface area contributed by atoms with Crippen molar-refractivity contribution in [3.63, 3.8) is 0 Å². The lowest BCUT2D eigenvalue weighted by Crippen LogP contribution is -2.22. The minimum atomic E-state index is -0.184. The Labute approximate surface area is 126 Å². The second-order valence-electron chi connectivity index (χ2n) is 5.69. The minimum Gasteiger partial charge on any atom is -0.370 e. The predicted molar refractivity (Wildman–Crippen MR) is 86.9 cm³/mol. The van der Waals surface area contributed by atoms with Crippen LogP contribution in [0, 0.1) is 5.82 Å². The van der Waals surface area contributed by atoms with E-state index in [1.807, 2.05) is 13.1 Å². The number of anilines is 1. The largest absolute Gasteiger partial charge is 0.370 e. The highest BCUT2D eigenvalue weighted by atomic mass is 19.1. The number of nitrogens with one attached hydrogen (secondary N) is 1. The van der Waals surface area contributed by atoms with E-state index >= 15 is 0 Å². The maximum atomic E-state index is 13.2. The summed E-state index contributed by atoms with van der Waals surface area (Å²) in [4.78, 5) is 2.12. The Morgan fingerprint density at radius 1 is 1.05 bits per heavy atom. The molecule has 0 aromatic heterocycles. The molecule has 0 aliphatic carbocycles. The third-order valence-corrected chi connectivity index (χ3v) is 3.40. The molecular formula is C18H23FN2. The van der Waals surface area contributed by atoms with Crippen molar-refractivity contribution in [1.29, 1.82) is 0 Å². The first-order chi connectivity index (χ1) is 10.0. The molecule has 3 heteroatoms. The van der Waals surface area contributed by atoms with E-state index in [1.165, 1.54) is 11.6 Å². The molecule has 2 rings (SSSR count). The molecule has 2 aromatic carbocycles. The first-order valence-electron chi connectivity index (χ1n) is 7.32. The molecule has 0 atom stereocenters. The first-order valence-corrected chi connectivity index (χ1v) is 7.32. The van der Waals surface area contributed by atoms with Gasteiger partial charge >= 0.3 is 0 Å². The SMILES string of the molecule is CC(C)NCc1ccc(N(C)Cc2cccc(F)c2)cc1. The molecule has 112 valence electrons. The summed E-state index contributed by atoms with van der Waals surface area (Å²) in [5.74, 6) is -0.184. The second kappa shape index (κ2) is 7.23. The average molecular weight is 286 g/mol. The molecule has 2 aromatic rings. The number of nitrogens with zero attached hydrogens (tertiary/aromatic N) is 1. The summed E-state index contributed by atoms with van der Waals surface area (Å²) in [6.07, 6.45) is 0. The van der Waals surface area contributed by atoms with Gasteiger partial charge in [-0.3, -0.25) is 0 Å². The van der Waals surface area contributed by atoms with Gasteiger partial charge in [-0.15, -0.1) is 0 Å². The second-order valence-corrected chi connectivity index (χ2v) is 5.69. The van der Waals surface area contributed by atoms with Gasteiger partial charge in [-0.2, -0.15) is 0 Å². The molecule has 0 spiro atoms. The van der Waals surface area contributed by atoms with E-state index in [4.69, 9.17) is 0 Å². The highest BCUT2D eigenvalue weighted by Crippen LogP contribution is 2.17. The van der Waals surface area contributed by atoms with Crippen LogP contribution in [-0.2, 0) is 13.1 Å². The van der Waals surface area contributed by atoms with Gasteiger partial charge in [0.15, 0.2) is 0 Å². The molecule has 0 aliphatic heterocycles. The molecule has 0 fully saturated rings. The normalized spacial score (nSPS) is 10.9. The van der Waals surface area contributed by atoms with Crippen LogP contribution in [0.1, 0.15) is 25.0 Å². The Kier molecular flexibility index (Phi) is 5.34. The molecule has 0 saturated heterocycles. The van der Waals surface area contributed by atoms with Crippen LogP contribution in [0.5, 0.6) is 0 Å². The Bertz CT molecular complexity index is 564. The lowest BCUT2D eigenvalue weighted by molar-refractivity contribution is 0.589. The molecule has 0 unspecified atom stereocenters. The number of benzene rings is 2. The molecule has 2 nitrogen and oxygen atoms in total. The van der Waals surface area contributed by atoms with Crippen molar-refractivity contribution in [3.05, 3.63) is 65.5 Å². The lowest BCUT2D eigenvalue weighted by Gasteiger charge is -2.20. The maximum Gasteiger partial charge on any atom is 0.123 e.